The number of thiazole rings is 1. The maximum Gasteiger partial charge on any atom is 0.254 e. The van der Waals surface area contributed by atoms with Gasteiger partial charge in [-0.25, -0.2) is 9.37 Å². The summed E-state index contributed by atoms with van der Waals surface area (Å²) in [4.78, 5) is 19.3. The van der Waals surface area contributed by atoms with E-state index in [4.69, 9.17) is 4.74 Å². The minimum atomic E-state index is -0.352. The van der Waals surface area contributed by atoms with Gasteiger partial charge in [0.15, 0.2) is 0 Å². The summed E-state index contributed by atoms with van der Waals surface area (Å²) in [6.45, 7) is 9.62. The largest absolute Gasteiger partial charge is 0.486 e. The molecule has 1 heterocycles. The minimum Gasteiger partial charge on any atom is -0.486 e. The molecule has 0 N–H and O–H groups in total. The van der Waals surface area contributed by atoms with Crippen molar-refractivity contribution in [2.75, 3.05) is 6.54 Å². The molecule has 1 aromatic heterocycles. The molecule has 0 atom stereocenters. The molecule has 3 rings (SSSR count). The lowest BCUT2D eigenvalue weighted by Crippen LogP contribution is -2.33. The third-order valence-electron chi connectivity index (χ3n) is 4.47. The second kappa shape index (κ2) is 9.85. The Hall–Kier alpha value is -2.73. The van der Waals surface area contributed by atoms with Crippen molar-refractivity contribution in [3.8, 4) is 5.75 Å². The van der Waals surface area contributed by atoms with E-state index in [1.54, 1.807) is 4.90 Å². The highest BCUT2D eigenvalue weighted by Crippen LogP contribution is 2.20. The smallest absolute Gasteiger partial charge is 0.254 e. The third-order valence-corrected chi connectivity index (χ3v) is 5.34. The minimum absolute atomic E-state index is 0.121. The molecular formula is C24H27FN2O2S. The average Bonchev–Trinajstić information content (AvgIpc) is 3.12. The van der Waals surface area contributed by atoms with Crippen LogP contribution in [0.15, 0.2) is 47.8 Å². The van der Waals surface area contributed by atoms with Crippen LogP contribution >= 0.6 is 11.3 Å². The molecule has 0 fully saturated rings. The van der Waals surface area contributed by atoms with Gasteiger partial charge in [0, 0.05) is 17.5 Å². The molecule has 3 aromatic rings. The van der Waals surface area contributed by atoms with Crippen LogP contribution in [0.1, 0.15) is 46.0 Å². The van der Waals surface area contributed by atoms with Crippen molar-refractivity contribution >= 4 is 17.2 Å². The summed E-state index contributed by atoms with van der Waals surface area (Å²) in [7, 11) is 0. The van der Waals surface area contributed by atoms with E-state index in [2.05, 4.69) is 24.9 Å². The molecular weight excluding hydrogens is 399 g/mol. The van der Waals surface area contributed by atoms with Gasteiger partial charge in [-0.3, -0.25) is 4.79 Å². The fourth-order valence-electron chi connectivity index (χ4n) is 3.28. The van der Waals surface area contributed by atoms with Crippen molar-refractivity contribution in [3.05, 3.63) is 81.1 Å². The summed E-state index contributed by atoms with van der Waals surface area (Å²) < 4.78 is 19.1. The number of carbonyl (C=O) groups excluding carboxylic acids is 1. The van der Waals surface area contributed by atoms with E-state index in [0.29, 0.717) is 31.2 Å². The monoisotopic (exact) mass is 426 g/mol. The van der Waals surface area contributed by atoms with Gasteiger partial charge < -0.3 is 9.64 Å². The Kier molecular flexibility index (Phi) is 7.21. The van der Waals surface area contributed by atoms with Gasteiger partial charge >= 0.3 is 0 Å². The number of ether oxygens (including phenoxy) is 1. The van der Waals surface area contributed by atoms with Gasteiger partial charge in [-0.1, -0.05) is 19.9 Å². The molecule has 1 amide bonds. The summed E-state index contributed by atoms with van der Waals surface area (Å²) in [5, 5.41) is 2.83. The lowest BCUT2D eigenvalue weighted by Gasteiger charge is -2.24. The molecule has 0 aliphatic rings. The summed E-state index contributed by atoms with van der Waals surface area (Å²) in [6.07, 6.45) is 0. The van der Waals surface area contributed by atoms with Crippen molar-refractivity contribution in [3.63, 3.8) is 0 Å². The van der Waals surface area contributed by atoms with Crippen molar-refractivity contribution in [2.24, 2.45) is 5.92 Å². The van der Waals surface area contributed by atoms with Crippen LogP contribution in [-0.4, -0.2) is 22.3 Å². The Balaban J connectivity index is 1.67. The fraction of sp³-hybridized carbons (Fsp3) is 0.333. The third kappa shape index (κ3) is 6.13. The molecule has 4 nitrogen and oxygen atoms in total. The lowest BCUT2D eigenvalue weighted by atomic mass is 10.1. The summed E-state index contributed by atoms with van der Waals surface area (Å²) >= 11 is 1.52. The normalized spacial score (nSPS) is 11.0. The van der Waals surface area contributed by atoms with Gasteiger partial charge in [0.05, 0.1) is 12.2 Å². The van der Waals surface area contributed by atoms with E-state index in [9.17, 15) is 9.18 Å². The van der Waals surface area contributed by atoms with Crippen LogP contribution in [0.4, 0.5) is 4.39 Å². The van der Waals surface area contributed by atoms with Crippen molar-refractivity contribution < 1.29 is 13.9 Å². The second-order valence-corrected chi connectivity index (χ2v) is 8.87. The maximum absolute atomic E-state index is 13.2. The molecule has 0 saturated heterocycles. The van der Waals surface area contributed by atoms with Gasteiger partial charge in [-0.15, -0.1) is 11.3 Å². The number of nitrogens with zero attached hydrogens (tertiary/aromatic N) is 2. The zero-order valence-electron chi connectivity index (χ0n) is 17.8. The Morgan fingerprint density at radius 2 is 1.80 bits per heavy atom. The number of hydrogen-bond acceptors (Lipinski definition) is 4. The van der Waals surface area contributed by atoms with E-state index < -0.39 is 0 Å². The van der Waals surface area contributed by atoms with Crippen LogP contribution < -0.4 is 4.74 Å². The zero-order valence-corrected chi connectivity index (χ0v) is 18.6. The van der Waals surface area contributed by atoms with Gasteiger partial charge in [-0.05, 0) is 67.3 Å². The van der Waals surface area contributed by atoms with Crippen molar-refractivity contribution in [2.45, 2.75) is 40.8 Å². The number of carbonyl (C=O) groups is 1. The van der Waals surface area contributed by atoms with E-state index in [-0.39, 0.29) is 11.7 Å². The SMILES string of the molecule is Cc1cc(C)cc(OCc2nc(CN(CC(C)C)C(=O)c3ccc(F)cc3)cs2)c1. The number of halogens is 1. The van der Waals surface area contributed by atoms with Crippen molar-refractivity contribution in [1.29, 1.82) is 0 Å². The molecule has 0 radical (unpaired) electrons. The van der Waals surface area contributed by atoms with Crippen LogP contribution in [0.3, 0.4) is 0 Å². The van der Waals surface area contributed by atoms with E-state index >= 15 is 0 Å². The first kappa shape index (κ1) is 22.0. The zero-order chi connectivity index (χ0) is 21.7. The molecule has 0 bridgehead atoms. The standard InChI is InChI=1S/C24H27FN2O2S/c1-16(2)12-27(24(28)19-5-7-20(25)8-6-19)13-21-15-30-23(26-21)14-29-22-10-17(3)9-18(4)11-22/h5-11,15-16H,12-14H2,1-4H3. The van der Waals surface area contributed by atoms with Crippen molar-refractivity contribution in [1.82, 2.24) is 9.88 Å². The maximum atomic E-state index is 13.2. The molecule has 30 heavy (non-hydrogen) atoms. The highest BCUT2D eigenvalue weighted by Gasteiger charge is 2.19. The summed E-state index contributed by atoms with van der Waals surface area (Å²) in [5.41, 5.74) is 3.63. The molecule has 2 aromatic carbocycles. The van der Waals surface area contributed by atoms with Crippen LogP contribution in [-0.2, 0) is 13.2 Å². The van der Waals surface area contributed by atoms with E-state index in [1.165, 1.54) is 35.6 Å². The predicted octanol–water partition coefficient (Wildman–Crippen LogP) is 5.78. The quantitative estimate of drug-likeness (QED) is 0.459. The first-order chi connectivity index (χ1) is 14.3. The molecule has 0 saturated carbocycles. The van der Waals surface area contributed by atoms with Gasteiger partial charge in [0.2, 0.25) is 0 Å². The molecule has 0 aliphatic carbocycles. The van der Waals surface area contributed by atoms with Crippen LogP contribution in [0.5, 0.6) is 5.75 Å². The Morgan fingerprint density at radius 3 is 2.43 bits per heavy atom. The Morgan fingerprint density at radius 1 is 1.13 bits per heavy atom. The van der Waals surface area contributed by atoms with Crippen LogP contribution in [0.2, 0.25) is 0 Å². The number of benzene rings is 2. The highest BCUT2D eigenvalue weighted by molar-refractivity contribution is 7.09. The van der Waals surface area contributed by atoms with E-state index in [0.717, 1.165) is 27.6 Å². The Labute approximate surface area is 181 Å². The first-order valence-electron chi connectivity index (χ1n) is 9.99. The number of aryl methyl sites for hydroxylation is 2. The molecule has 6 heteroatoms. The second-order valence-electron chi connectivity index (χ2n) is 7.93. The van der Waals surface area contributed by atoms with Gasteiger partial charge in [0.1, 0.15) is 23.2 Å². The summed E-state index contributed by atoms with van der Waals surface area (Å²) in [6, 6.07) is 11.8. The highest BCUT2D eigenvalue weighted by atomic mass is 32.1. The van der Waals surface area contributed by atoms with Gasteiger partial charge in [0.25, 0.3) is 5.91 Å². The number of aromatic nitrogens is 1. The summed E-state index contributed by atoms with van der Waals surface area (Å²) in [5.74, 6) is 0.664. The topological polar surface area (TPSA) is 42.4 Å². The van der Waals surface area contributed by atoms with Crippen LogP contribution in [0, 0.1) is 25.6 Å². The number of rotatable bonds is 8. The molecule has 0 spiro atoms. The molecule has 158 valence electrons. The van der Waals surface area contributed by atoms with Gasteiger partial charge in [-0.2, -0.15) is 0 Å². The number of hydrogen-bond donors (Lipinski definition) is 0. The fourth-order valence-corrected chi connectivity index (χ4v) is 3.98. The average molecular weight is 427 g/mol. The van der Waals surface area contributed by atoms with Crippen LogP contribution in [0.25, 0.3) is 0 Å². The first-order valence-corrected chi connectivity index (χ1v) is 10.9. The molecule has 0 unspecified atom stereocenters. The molecule has 0 aliphatic heterocycles. The predicted molar refractivity (Wildman–Crippen MR) is 118 cm³/mol. The number of amides is 1. The lowest BCUT2D eigenvalue weighted by molar-refractivity contribution is 0.0720. The van der Waals surface area contributed by atoms with E-state index in [1.807, 2.05) is 31.4 Å². The Bertz CT molecular complexity index is 978.